The molecule has 162 valence electrons. The van der Waals surface area contributed by atoms with Crippen LogP contribution in [0.5, 0.6) is 0 Å². The molecule has 0 saturated carbocycles. The van der Waals surface area contributed by atoms with Crippen LogP contribution in [0, 0.1) is 58.2 Å². The molecule has 0 spiro atoms. The van der Waals surface area contributed by atoms with Gasteiger partial charge in [0, 0.05) is 0 Å². The number of nitrogens with zero attached hydrogens (tertiary/aromatic N) is 1. The summed E-state index contributed by atoms with van der Waals surface area (Å²) in [5, 5.41) is 0. The van der Waals surface area contributed by atoms with Crippen molar-refractivity contribution in [2.45, 2.75) is 0 Å². The van der Waals surface area contributed by atoms with Gasteiger partial charge in [-0.2, -0.15) is 0 Å². The fourth-order valence-electron chi connectivity index (χ4n) is 1.87. The van der Waals surface area contributed by atoms with Crippen molar-refractivity contribution in [3.8, 4) is 0 Å². The number of amides is 2. The summed E-state index contributed by atoms with van der Waals surface area (Å²) in [7, 11) is 0. The third-order valence-electron chi connectivity index (χ3n) is 3.00. The summed E-state index contributed by atoms with van der Waals surface area (Å²) in [6, 6.07) is 0. The van der Waals surface area contributed by atoms with Gasteiger partial charge in [0.05, 0.1) is 0 Å². The van der Waals surface area contributed by atoms with Crippen LogP contribution in [-0.4, -0.2) is 41.6 Å². The fraction of sp³-hybridized carbons (Fsp3) is 0. The molecule has 0 aliphatic heterocycles. The second-order valence-electron chi connectivity index (χ2n) is 4.76. The van der Waals surface area contributed by atoms with Gasteiger partial charge < -0.3 is 0 Å². The SMILES string of the molecule is NC(=O)[Se].O=C([Se])N(c1c(F)c(F)c(F)c(F)c1F)c1c(F)c(F)c(F)c(F)c1F. The van der Waals surface area contributed by atoms with Gasteiger partial charge in [0.1, 0.15) is 0 Å². The summed E-state index contributed by atoms with van der Waals surface area (Å²) in [6.45, 7) is 0. The molecule has 2 amide bonds. The van der Waals surface area contributed by atoms with Gasteiger partial charge >= 0.3 is 175 Å². The molecule has 0 saturated heterocycles. The van der Waals surface area contributed by atoms with E-state index in [-0.39, 0.29) is 0 Å². The Morgan fingerprint density at radius 2 is 0.700 bits per heavy atom. The Morgan fingerprint density at radius 1 is 0.533 bits per heavy atom. The first kappa shape index (κ1) is 25.8. The van der Waals surface area contributed by atoms with Crippen LogP contribution in [0.15, 0.2) is 0 Å². The van der Waals surface area contributed by atoms with Crippen molar-refractivity contribution >= 4 is 53.0 Å². The normalized spacial score (nSPS) is 10.3. The summed E-state index contributed by atoms with van der Waals surface area (Å²) in [5.74, 6) is -26.8. The molecular weight excluding hydrogens is 576 g/mol. The standard InChI is InChI=1S/C13F10NOSe.CH2NOSe/c14-1-3(16)7(20)11(8(21)4(1)17)24(13(25)26)12-9(22)5(18)2(15)6(19)10(12)23;2-1(3)4/h;(H2,2,3). The predicted molar refractivity (Wildman–Crippen MR) is 81.1 cm³/mol. The van der Waals surface area contributed by atoms with Crippen molar-refractivity contribution in [3.05, 3.63) is 58.2 Å². The van der Waals surface area contributed by atoms with Crippen molar-refractivity contribution in [1.29, 1.82) is 0 Å². The van der Waals surface area contributed by atoms with E-state index in [0.29, 0.717) is 0 Å². The van der Waals surface area contributed by atoms with Gasteiger partial charge in [0.2, 0.25) is 0 Å². The van der Waals surface area contributed by atoms with E-state index in [1.165, 1.54) is 16.0 Å². The maximum absolute atomic E-state index is 13.8. The average molecular weight is 578 g/mol. The predicted octanol–water partition coefficient (Wildman–Crippen LogP) is 3.74. The van der Waals surface area contributed by atoms with Crippen LogP contribution in [0.3, 0.4) is 0 Å². The van der Waals surface area contributed by atoms with Crippen LogP contribution >= 0.6 is 0 Å². The topological polar surface area (TPSA) is 63.4 Å². The number of anilines is 2. The number of halogens is 10. The molecule has 0 heterocycles. The van der Waals surface area contributed by atoms with Gasteiger partial charge in [0.15, 0.2) is 0 Å². The van der Waals surface area contributed by atoms with Crippen molar-refractivity contribution < 1.29 is 53.5 Å². The van der Waals surface area contributed by atoms with Crippen LogP contribution in [0.2, 0.25) is 0 Å². The van der Waals surface area contributed by atoms with Crippen molar-refractivity contribution in [1.82, 2.24) is 0 Å². The molecule has 0 unspecified atom stereocenters. The van der Waals surface area contributed by atoms with E-state index in [1.54, 1.807) is 0 Å². The molecule has 0 atom stereocenters. The Kier molecular flexibility index (Phi) is 8.31. The number of primary amides is 1. The second-order valence-corrected chi connectivity index (χ2v) is 6.33. The summed E-state index contributed by atoms with van der Waals surface area (Å²) >= 11 is 3.44. The molecule has 0 aliphatic carbocycles. The third-order valence-corrected chi connectivity index (χ3v) is 3.39. The Hall–Kier alpha value is -2.28. The van der Waals surface area contributed by atoms with Crippen molar-refractivity contribution in [2.75, 3.05) is 4.90 Å². The number of rotatable bonds is 2. The number of hydrogen-bond donors (Lipinski definition) is 1. The van der Waals surface area contributed by atoms with E-state index in [2.05, 4.69) is 5.73 Å². The molecule has 2 rings (SSSR count). The Bertz CT molecular complexity index is 919. The zero-order valence-electron chi connectivity index (χ0n) is 13.4. The molecule has 2 radical (unpaired) electrons. The zero-order valence-corrected chi connectivity index (χ0v) is 16.9. The summed E-state index contributed by atoms with van der Waals surface area (Å²) in [4.78, 5) is 17.4. The molecule has 30 heavy (non-hydrogen) atoms. The van der Waals surface area contributed by atoms with Crippen LogP contribution in [-0.2, 0) is 0 Å². The van der Waals surface area contributed by atoms with Gasteiger partial charge in [-0.3, -0.25) is 0 Å². The van der Waals surface area contributed by atoms with Crippen LogP contribution in [0.25, 0.3) is 0 Å². The molecule has 2 N–H and O–H groups in total. The fourth-order valence-corrected chi connectivity index (χ4v) is 2.26. The van der Waals surface area contributed by atoms with E-state index in [9.17, 15) is 48.7 Å². The summed E-state index contributed by atoms with van der Waals surface area (Å²) in [5.41, 5.74) is -0.0679. The molecule has 0 aromatic heterocycles. The van der Waals surface area contributed by atoms with Crippen LogP contribution < -0.4 is 10.6 Å². The van der Waals surface area contributed by atoms with Crippen molar-refractivity contribution in [2.24, 2.45) is 5.73 Å². The third kappa shape index (κ3) is 4.72. The average Bonchev–Trinajstić information content (AvgIpc) is 2.66. The molecule has 2 aromatic carbocycles. The molecule has 0 fully saturated rings. The van der Waals surface area contributed by atoms with E-state index in [4.69, 9.17) is 4.79 Å². The molecule has 2 aromatic rings. The molecule has 0 bridgehead atoms. The molecule has 4 nitrogen and oxygen atoms in total. The minimum absolute atomic E-state index is 0.458. The van der Waals surface area contributed by atoms with Gasteiger partial charge in [-0.25, -0.2) is 0 Å². The quantitative estimate of drug-likeness (QED) is 0.256. The number of hydrogen-bond acceptors (Lipinski definition) is 2. The summed E-state index contributed by atoms with van der Waals surface area (Å²) in [6.07, 6.45) is 0. The molecule has 0 aliphatic rings. The Morgan fingerprint density at radius 3 is 0.867 bits per heavy atom. The maximum atomic E-state index is 13.8. The number of carbonyl (C=O) groups excluding carboxylic acids is 2. The second kappa shape index (κ2) is 9.68. The van der Waals surface area contributed by atoms with Gasteiger partial charge in [-0.15, -0.1) is 0 Å². The van der Waals surface area contributed by atoms with Crippen LogP contribution in [0.1, 0.15) is 0 Å². The Labute approximate surface area is 175 Å². The van der Waals surface area contributed by atoms with Crippen molar-refractivity contribution in [3.63, 3.8) is 0 Å². The molecular formula is C14H2F10N2O2Se2. The first-order valence-electron chi connectivity index (χ1n) is 6.67. The summed E-state index contributed by atoms with van der Waals surface area (Å²) < 4.78 is 134. The van der Waals surface area contributed by atoms with Crippen LogP contribution in [0.4, 0.5) is 64.9 Å². The van der Waals surface area contributed by atoms with E-state index in [0.717, 1.165) is 0 Å². The first-order chi connectivity index (χ1) is 13.7. The monoisotopic (exact) mass is 580 g/mol. The molecule has 16 heteroatoms. The van der Waals surface area contributed by atoms with Gasteiger partial charge in [-0.05, 0) is 0 Å². The number of benzene rings is 2. The van der Waals surface area contributed by atoms with E-state index >= 15 is 0 Å². The van der Waals surface area contributed by atoms with E-state index < -0.39 is 84.1 Å². The van der Waals surface area contributed by atoms with E-state index in [1.807, 2.05) is 16.0 Å². The van der Waals surface area contributed by atoms with Gasteiger partial charge in [0.25, 0.3) is 0 Å². The Balaban J connectivity index is 0.00000103. The minimum atomic E-state index is -2.70. The first-order valence-corrected chi connectivity index (χ1v) is 8.38. The number of carbonyl (C=O) groups is 2. The number of nitrogens with two attached hydrogens (primary N) is 1. The zero-order chi connectivity index (χ0) is 23.7. The van der Waals surface area contributed by atoms with Gasteiger partial charge in [-0.1, -0.05) is 0 Å².